The molecule has 0 aromatic rings. The molecule has 0 aliphatic rings. The first-order valence-corrected chi connectivity index (χ1v) is 12.8. The SMILES string of the molecule is CC(C)(C)OC(=O)CC(NCCCNC(CC(=O)OC(C)(C)C)C(=O)OC(C)(C)C)C(=O)OC(C)(C)C. The van der Waals surface area contributed by atoms with Crippen LogP contribution in [0.5, 0.6) is 0 Å². The fourth-order valence-corrected chi connectivity index (χ4v) is 2.96. The maximum absolute atomic E-state index is 12.7. The van der Waals surface area contributed by atoms with E-state index >= 15 is 0 Å². The summed E-state index contributed by atoms with van der Waals surface area (Å²) in [6, 6.07) is -1.78. The van der Waals surface area contributed by atoms with E-state index in [4.69, 9.17) is 18.9 Å². The molecule has 2 unspecified atom stereocenters. The summed E-state index contributed by atoms with van der Waals surface area (Å²) in [5, 5.41) is 6.10. The van der Waals surface area contributed by atoms with Crippen LogP contribution in [0.1, 0.15) is 102 Å². The molecule has 0 aliphatic carbocycles. The minimum atomic E-state index is -0.891. The molecule has 0 heterocycles. The first kappa shape index (κ1) is 34.8. The quantitative estimate of drug-likeness (QED) is 0.220. The number of ether oxygens (including phenoxy) is 4. The Labute approximate surface area is 222 Å². The largest absolute Gasteiger partial charge is 0.460 e. The van der Waals surface area contributed by atoms with Crippen molar-refractivity contribution in [3.8, 4) is 0 Å². The van der Waals surface area contributed by atoms with Gasteiger partial charge in [-0.3, -0.25) is 19.2 Å². The van der Waals surface area contributed by atoms with Crippen LogP contribution in [0.25, 0.3) is 0 Å². The molecule has 0 amide bonds. The molecule has 0 aliphatic heterocycles. The van der Waals surface area contributed by atoms with Crippen LogP contribution in [0.15, 0.2) is 0 Å². The number of hydrogen-bond donors (Lipinski definition) is 2. The Bertz CT molecular complexity index is 703. The summed E-state index contributed by atoms with van der Waals surface area (Å²) >= 11 is 0. The van der Waals surface area contributed by atoms with E-state index in [0.29, 0.717) is 19.5 Å². The van der Waals surface area contributed by atoms with Crippen molar-refractivity contribution >= 4 is 23.9 Å². The summed E-state index contributed by atoms with van der Waals surface area (Å²) in [6.45, 7) is 21.7. The third-order valence-corrected chi connectivity index (χ3v) is 4.10. The van der Waals surface area contributed by atoms with Crippen LogP contribution in [0.4, 0.5) is 0 Å². The highest BCUT2D eigenvalue weighted by Gasteiger charge is 2.31. The Morgan fingerprint density at radius 1 is 0.514 bits per heavy atom. The van der Waals surface area contributed by atoms with Gasteiger partial charge in [0.25, 0.3) is 0 Å². The molecule has 0 saturated heterocycles. The molecule has 10 heteroatoms. The van der Waals surface area contributed by atoms with Crippen molar-refractivity contribution in [2.24, 2.45) is 0 Å². The van der Waals surface area contributed by atoms with Crippen molar-refractivity contribution in [2.75, 3.05) is 13.1 Å². The summed E-state index contributed by atoms with van der Waals surface area (Å²) in [6.07, 6.45) is 0.124. The lowest BCUT2D eigenvalue weighted by atomic mass is 10.1. The van der Waals surface area contributed by atoms with Gasteiger partial charge in [-0.2, -0.15) is 0 Å². The predicted molar refractivity (Wildman–Crippen MR) is 141 cm³/mol. The minimum Gasteiger partial charge on any atom is -0.460 e. The zero-order valence-corrected chi connectivity index (χ0v) is 25.0. The van der Waals surface area contributed by atoms with Crippen LogP contribution >= 0.6 is 0 Å². The predicted octanol–water partition coefficient (Wildman–Crippen LogP) is 3.44. The molecule has 0 rings (SSSR count). The molecule has 0 bridgehead atoms. The Kier molecular flexibility index (Phi) is 13.3. The summed E-state index contributed by atoms with van der Waals surface area (Å²) in [7, 11) is 0. The number of rotatable bonds is 12. The molecule has 37 heavy (non-hydrogen) atoms. The monoisotopic (exact) mass is 530 g/mol. The molecule has 10 nitrogen and oxygen atoms in total. The summed E-state index contributed by atoms with van der Waals surface area (Å²) in [4.78, 5) is 50.0. The van der Waals surface area contributed by atoms with Crippen molar-refractivity contribution in [2.45, 2.75) is 137 Å². The van der Waals surface area contributed by atoms with Crippen LogP contribution in [-0.4, -0.2) is 71.5 Å². The van der Waals surface area contributed by atoms with E-state index in [0.717, 1.165) is 0 Å². The first-order chi connectivity index (χ1) is 16.5. The van der Waals surface area contributed by atoms with Gasteiger partial charge in [0.05, 0.1) is 12.8 Å². The Balaban J connectivity index is 5.12. The number of nitrogens with one attached hydrogen (secondary N) is 2. The van der Waals surface area contributed by atoms with Gasteiger partial charge in [0.15, 0.2) is 0 Å². The second-order valence-corrected chi connectivity index (χ2v) is 13.0. The molecule has 0 aromatic carbocycles. The third-order valence-electron chi connectivity index (χ3n) is 4.10. The Morgan fingerprint density at radius 2 is 0.784 bits per heavy atom. The van der Waals surface area contributed by atoms with Crippen LogP contribution < -0.4 is 10.6 Å². The zero-order chi connectivity index (χ0) is 29.2. The Hall–Kier alpha value is -2.20. The average molecular weight is 531 g/mol. The maximum atomic E-state index is 12.7. The van der Waals surface area contributed by atoms with Gasteiger partial charge in [0.2, 0.25) is 0 Å². The second kappa shape index (κ2) is 14.1. The summed E-state index contributed by atoms with van der Waals surface area (Å²) in [5.41, 5.74) is -2.78. The van der Waals surface area contributed by atoms with Crippen molar-refractivity contribution in [3.05, 3.63) is 0 Å². The number of carbonyl (C=O) groups is 4. The highest BCUT2D eigenvalue weighted by molar-refractivity contribution is 5.83. The highest BCUT2D eigenvalue weighted by Crippen LogP contribution is 2.15. The molecular weight excluding hydrogens is 480 g/mol. The fourth-order valence-electron chi connectivity index (χ4n) is 2.96. The van der Waals surface area contributed by atoms with E-state index in [-0.39, 0.29) is 12.8 Å². The molecule has 0 spiro atoms. The van der Waals surface area contributed by atoms with Gasteiger partial charge in [0.1, 0.15) is 34.5 Å². The molecule has 0 radical (unpaired) electrons. The van der Waals surface area contributed by atoms with Crippen LogP contribution in [0.2, 0.25) is 0 Å². The van der Waals surface area contributed by atoms with Crippen molar-refractivity contribution < 1.29 is 38.1 Å². The van der Waals surface area contributed by atoms with Crippen LogP contribution in [0, 0.1) is 0 Å². The number of carbonyl (C=O) groups excluding carboxylic acids is 4. The van der Waals surface area contributed by atoms with Gasteiger partial charge < -0.3 is 29.6 Å². The molecular formula is C27H50N2O8. The number of esters is 4. The maximum Gasteiger partial charge on any atom is 0.324 e. The van der Waals surface area contributed by atoms with Crippen LogP contribution in [-0.2, 0) is 38.1 Å². The van der Waals surface area contributed by atoms with Gasteiger partial charge in [-0.25, -0.2) is 0 Å². The van der Waals surface area contributed by atoms with Gasteiger partial charge in [-0.15, -0.1) is 0 Å². The van der Waals surface area contributed by atoms with E-state index in [1.807, 2.05) is 0 Å². The standard InChI is InChI=1S/C27H50N2O8/c1-24(2,3)34-20(30)16-18(22(32)36-26(7,8)9)28-14-13-15-29-19(23(33)37-27(10,11)12)17-21(31)35-25(4,5)6/h18-19,28-29H,13-17H2,1-12H3. The lowest BCUT2D eigenvalue weighted by Gasteiger charge is -2.26. The normalized spacial score (nSPS) is 14.4. The molecule has 0 fully saturated rings. The minimum absolute atomic E-state index is 0.182. The van der Waals surface area contributed by atoms with E-state index in [1.165, 1.54) is 0 Å². The van der Waals surface area contributed by atoms with Crippen molar-refractivity contribution in [1.29, 1.82) is 0 Å². The van der Waals surface area contributed by atoms with Crippen LogP contribution in [0.3, 0.4) is 0 Å². The van der Waals surface area contributed by atoms with E-state index in [9.17, 15) is 19.2 Å². The van der Waals surface area contributed by atoms with Gasteiger partial charge in [-0.05, 0) is 103 Å². The second-order valence-electron chi connectivity index (χ2n) is 13.0. The van der Waals surface area contributed by atoms with Crippen molar-refractivity contribution in [1.82, 2.24) is 10.6 Å². The zero-order valence-electron chi connectivity index (χ0n) is 25.0. The van der Waals surface area contributed by atoms with Crippen molar-refractivity contribution in [3.63, 3.8) is 0 Å². The smallest absolute Gasteiger partial charge is 0.324 e. The van der Waals surface area contributed by atoms with E-state index < -0.39 is 58.4 Å². The highest BCUT2D eigenvalue weighted by atomic mass is 16.6. The summed E-state index contributed by atoms with van der Waals surface area (Å²) in [5.74, 6) is -2.14. The van der Waals surface area contributed by atoms with Gasteiger partial charge in [0, 0.05) is 0 Å². The Morgan fingerprint density at radius 3 is 1.03 bits per heavy atom. The van der Waals surface area contributed by atoms with Gasteiger partial charge >= 0.3 is 23.9 Å². The molecule has 2 atom stereocenters. The van der Waals surface area contributed by atoms with E-state index in [2.05, 4.69) is 10.6 Å². The average Bonchev–Trinajstić information content (AvgIpc) is 2.59. The summed E-state index contributed by atoms with van der Waals surface area (Å²) < 4.78 is 21.6. The lowest BCUT2D eigenvalue weighted by Crippen LogP contribution is -2.46. The number of hydrogen-bond acceptors (Lipinski definition) is 10. The molecule has 2 N–H and O–H groups in total. The molecule has 0 aromatic heterocycles. The van der Waals surface area contributed by atoms with E-state index in [1.54, 1.807) is 83.1 Å². The first-order valence-electron chi connectivity index (χ1n) is 12.8. The molecule has 216 valence electrons. The third kappa shape index (κ3) is 19.6. The fraction of sp³-hybridized carbons (Fsp3) is 0.852. The molecule has 0 saturated carbocycles. The topological polar surface area (TPSA) is 129 Å². The lowest BCUT2D eigenvalue weighted by molar-refractivity contribution is -0.164. The van der Waals surface area contributed by atoms with Gasteiger partial charge in [-0.1, -0.05) is 0 Å².